The van der Waals surface area contributed by atoms with Gasteiger partial charge in [0.2, 0.25) is 5.91 Å². The van der Waals surface area contributed by atoms with E-state index in [9.17, 15) is 4.79 Å². The van der Waals surface area contributed by atoms with Gasteiger partial charge in [0.1, 0.15) is 0 Å². The summed E-state index contributed by atoms with van der Waals surface area (Å²) < 4.78 is 5.50. The predicted octanol–water partition coefficient (Wildman–Crippen LogP) is 1.86. The van der Waals surface area contributed by atoms with Gasteiger partial charge < -0.3 is 21.1 Å². The highest BCUT2D eigenvalue weighted by Gasteiger charge is 2.29. The van der Waals surface area contributed by atoms with Crippen LogP contribution in [0.1, 0.15) is 37.7 Å². The minimum absolute atomic E-state index is 0.00977. The summed E-state index contributed by atoms with van der Waals surface area (Å²) in [5, 5.41) is 6.75. The molecule has 1 aromatic carbocycles. The zero-order chi connectivity index (χ0) is 18.2. The fraction of sp³-hybridized carbons (Fsp3) is 0.667. The first-order valence-electron chi connectivity index (χ1n) is 10.1. The monoisotopic (exact) mass is 359 g/mol. The van der Waals surface area contributed by atoms with Gasteiger partial charge in [0, 0.05) is 19.3 Å². The largest absolute Gasteiger partial charge is 0.381 e. The van der Waals surface area contributed by atoms with Gasteiger partial charge in [-0.1, -0.05) is 30.3 Å². The Morgan fingerprint density at radius 3 is 2.54 bits per heavy atom. The molecule has 0 saturated carbocycles. The smallest absolute Gasteiger partial charge is 0.237 e. The molecular formula is C21H33N3O2. The van der Waals surface area contributed by atoms with E-state index in [0.29, 0.717) is 18.3 Å². The molecule has 4 N–H and O–H groups in total. The molecule has 0 spiro atoms. The lowest BCUT2D eigenvalue weighted by Gasteiger charge is -2.35. The normalized spacial score (nSPS) is 21.9. The van der Waals surface area contributed by atoms with E-state index in [1.807, 2.05) is 30.3 Å². The summed E-state index contributed by atoms with van der Waals surface area (Å²) in [5.41, 5.74) is 7.33. The van der Waals surface area contributed by atoms with E-state index in [1.54, 1.807) is 0 Å². The van der Waals surface area contributed by atoms with Crippen LogP contribution in [-0.2, 0) is 16.0 Å². The zero-order valence-electron chi connectivity index (χ0n) is 15.7. The van der Waals surface area contributed by atoms with Gasteiger partial charge in [0.25, 0.3) is 0 Å². The molecule has 0 radical (unpaired) electrons. The topological polar surface area (TPSA) is 76.4 Å². The Kier molecular flexibility index (Phi) is 7.47. The summed E-state index contributed by atoms with van der Waals surface area (Å²) in [5.74, 6) is 1.19. The highest BCUT2D eigenvalue weighted by Crippen LogP contribution is 2.27. The van der Waals surface area contributed by atoms with Gasteiger partial charge in [-0.2, -0.15) is 0 Å². The fourth-order valence-electron chi connectivity index (χ4n) is 4.21. The molecule has 5 heteroatoms. The molecule has 2 heterocycles. The van der Waals surface area contributed by atoms with Crippen molar-refractivity contribution in [2.24, 2.45) is 17.6 Å². The van der Waals surface area contributed by atoms with Crippen molar-refractivity contribution < 1.29 is 9.53 Å². The SMILES string of the molecule is N[C@H](Cc1ccccc1)C(=O)NC(CC1CCOCC1)C1CCNCC1. The van der Waals surface area contributed by atoms with Crippen LogP contribution in [0.2, 0.25) is 0 Å². The molecular weight excluding hydrogens is 326 g/mol. The van der Waals surface area contributed by atoms with Crippen molar-refractivity contribution in [3.8, 4) is 0 Å². The lowest BCUT2D eigenvalue weighted by molar-refractivity contribution is -0.123. The lowest BCUT2D eigenvalue weighted by atomic mass is 9.82. The minimum atomic E-state index is -0.490. The number of hydrogen-bond donors (Lipinski definition) is 3. The Morgan fingerprint density at radius 1 is 1.15 bits per heavy atom. The number of nitrogens with one attached hydrogen (secondary N) is 2. The molecule has 2 aliphatic rings. The second-order valence-electron chi connectivity index (χ2n) is 7.79. The van der Waals surface area contributed by atoms with Crippen LogP contribution in [-0.4, -0.2) is 44.3 Å². The van der Waals surface area contributed by atoms with Gasteiger partial charge in [0.15, 0.2) is 0 Å². The maximum absolute atomic E-state index is 12.8. The number of rotatable bonds is 7. The molecule has 0 aromatic heterocycles. The number of benzene rings is 1. The van der Waals surface area contributed by atoms with Gasteiger partial charge in [-0.3, -0.25) is 4.79 Å². The van der Waals surface area contributed by atoms with Crippen LogP contribution < -0.4 is 16.4 Å². The van der Waals surface area contributed by atoms with Crippen LogP contribution in [0.25, 0.3) is 0 Å². The van der Waals surface area contributed by atoms with Gasteiger partial charge in [-0.15, -0.1) is 0 Å². The molecule has 144 valence electrons. The van der Waals surface area contributed by atoms with Crippen molar-refractivity contribution in [2.75, 3.05) is 26.3 Å². The Hall–Kier alpha value is -1.43. The molecule has 26 heavy (non-hydrogen) atoms. The second-order valence-corrected chi connectivity index (χ2v) is 7.79. The van der Waals surface area contributed by atoms with E-state index in [0.717, 1.165) is 64.0 Å². The molecule has 5 nitrogen and oxygen atoms in total. The second kappa shape index (κ2) is 10.0. The van der Waals surface area contributed by atoms with Gasteiger partial charge in [0.05, 0.1) is 6.04 Å². The zero-order valence-corrected chi connectivity index (χ0v) is 15.7. The Balaban J connectivity index is 1.58. The molecule has 1 aromatic rings. The lowest BCUT2D eigenvalue weighted by Crippen LogP contribution is -2.51. The molecule has 2 fully saturated rings. The van der Waals surface area contributed by atoms with Crippen LogP contribution >= 0.6 is 0 Å². The van der Waals surface area contributed by atoms with Crippen LogP contribution in [0.15, 0.2) is 30.3 Å². The van der Waals surface area contributed by atoms with Crippen molar-refractivity contribution >= 4 is 5.91 Å². The number of amides is 1. The van der Waals surface area contributed by atoms with Gasteiger partial charge in [-0.25, -0.2) is 0 Å². The fourth-order valence-corrected chi connectivity index (χ4v) is 4.21. The molecule has 2 saturated heterocycles. The van der Waals surface area contributed by atoms with E-state index in [1.165, 1.54) is 0 Å². The Bertz CT molecular complexity index is 539. The molecule has 1 unspecified atom stereocenters. The third kappa shape index (κ3) is 5.79. The maximum atomic E-state index is 12.8. The van der Waals surface area contributed by atoms with Crippen molar-refractivity contribution in [1.82, 2.24) is 10.6 Å². The van der Waals surface area contributed by atoms with E-state index in [4.69, 9.17) is 10.5 Å². The summed E-state index contributed by atoms with van der Waals surface area (Å²) in [6.07, 6.45) is 6.10. The number of hydrogen-bond acceptors (Lipinski definition) is 4. The number of ether oxygens (including phenoxy) is 1. The predicted molar refractivity (Wildman–Crippen MR) is 104 cm³/mol. The Labute approximate surface area is 157 Å². The first-order chi connectivity index (χ1) is 12.7. The average Bonchev–Trinajstić information content (AvgIpc) is 2.69. The van der Waals surface area contributed by atoms with Gasteiger partial charge in [-0.05, 0) is 69.0 Å². The molecule has 2 atom stereocenters. The molecule has 0 bridgehead atoms. The summed E-state index contributed by atoms with van der Waals surface area (Å²) in [6, 6.07) is 9.76. The van der Waals surface area contributed by atoms with Crippen molar-refractivity contribution in [2.45, 2.75) is 50.6 Å². The highest BCUT2D eigenvalue weighted by molar-refractivity contribution is 5.82. The first-order valence-corrected chi connectivity index (χ1v) is 10.1. The van der Waals surface area contributed by atoms with E-state index >= 15 is 0 Å². The maximum Gasteiger partial charge on any atom is 0.237 e. The van der Waals surface area contributed by atoms with Crippen molar-refractivity contribution in [1.29, 1.82) is 0 Å². The minimum Gasteiger partial charge on any atom is -0.381 e. The molecule has 1 amide bonds. The highest BCUT2D eigenvalue weighted by atomic mass is 16.5. The average molecular weight is 360 g/mol. The summed E-state index contributed by atoms with van der Waals surface area (Å²) in [6.45, 7) is 3.79. The van der Waals surface area contributed by atoms with E-state index in [2.05, 4.69) is 10.6 Å². The molecule has 0 aliphatic carbocycles. The quantitative estimate of drug-likeness (QED) is 0.694. The van der Waals surface area contributed by atoms with Crippen LogP contribution in [0.3, 0.4) is 0 Å². The van der Waals surface area contributed by atoms with E-state index in [-0.39, 0.29) is 11.9 Å². The van der Waals surface area contributed by atoms with Crippen LogP contribution in [0, 0.1) is 11.8 Å². The number of nitrogens with two attached hydrogens (primary N) is 1. The molecule has 2 aliphatic heterocycles. The summed E-state index contributed by atoms with van der Waals surface area (Å²) in [7, 11) is 0. The number of carbonyl (C=O) groups excluding carboxylic acids is 1. The van der Waals surface area contributed by atoms with E-state index < -0.39 is 6.04 Å². The number of piperidine rings is 1. The summed E-state index contributed by atoms with van der Waals surface area (Å²) in [4.78, 5) is 12.8. The van der Waals surface area contributed by atoms with Crippen LogP contribution in [0.4, 0.5) is 0 Å². The van der Waals surface area contributed by atoms with Crippen molar-refractivity contribution in [3.63, 3.8) is 0 Å². The third-order valence-electron chi connectivity index (χ3n) is 5.84. The number of carbonyl (C=O) groups is 1. The van der Waals surface area contributed by atoms with Crippen molar-refractivity contribution in [3.05, 3.63) is 35.9 Å². The summed E-state index contributed by atoms with van der Waals surface area (Å²) >= 11 is 0. The Morgan fingerprint density at radius 2 is 1.85 bits per heavy atom. The third-order valence-corrected chi connectivity index (χ3v) is 5.84. The van der Waals surface area contributed by atoms with Crippen LogP contribution in [0.5, 0.6) is 0 Å². The van der Waals surface area contributed by atoms with Gasteiger partial charge >= 0.3 is 0 Å². The standard InChI is InChI=1S/C21H33N3O2/c22-19(14-16-4-2-1-3-5-16)21(25)24-20(18-6-10-23-11-7-18)15-17-8-12-26-13-9-17/h1-5,17-20,23H,6-15,22H2,(H,24,25)/t19-,20?/m1/s1. The molecule has 3 rings (SSSR count). The first kappa shape index (κ1) is 19.3.